The van der Waals surface area contributed by atoms with Crippen molar-refractivity contribution in [1.29, 1.82) is 0 Å². The van der Waals surface area contributed by atoms with E-state index in [1.807, 2.05) is 19.9 Å². The number of allylic oxidation sites excluding steroid dienone is 1. The van der Waals surface area contributed by atoms with Crippen molar-refractivity contribution in [2.45, 2.75) is 39.2 Å². The van der Waals surface area contributed by atoms with Crippen LogP contribution >= 0.6 is 0 Å². The Morgan fingerprint density at radius 2 is 1.69 bits per heavy atom. The fourth-order valence-corrected chi connectivity index (χ4v) is 3.23. The Hall–Kier alpha value is -0.123. The van der Waals surface area contributed by atoms with Gasteiger partial charge in [-0.2, -0.15) is 0 Å². The minimum absolute atomic E-state index is 0.147. The third kappa shape index (κ3) is 4.60. The minimum Gasteiger partial charge on any atom is -0.397 e. The van der Waals surface area contributed by atoms with Crippen LogP contribution in [0.15, 0.2) is 12.7 Å². The summed E-state index contributed by atoms with van der Waals surface area (Å²) in [7, 11) is -1.53. The van der Waals surface area contributed by atoms with Gasteiger partial charge in [0.25, 0.3) is 0 Å². The van der Waals surface area contributed by atoms with Crippen molar-refractivity contribution in [2.75, 3.05) is 13.2 Å². The van der Waals surface area contributed by atoms with Crippen LogP contribution in [0.4, 0.5) is 0 Å². The van der Waals surface area contributed by atoms with E-state index in [0.29, 0.717) is 0 Å². The van der Waals surface area contributed by atoms with Crippen molar-refractivity contribution >= 4 is 9.28 Å². The number of hydrogen-bond acceptors (Lipinski definition) is 2. The summed E-state index contributed by atoms with van der Waals surface area (Å²) in [6.07, 6.45) is 2.90. The SMILES string of the molecule is C=CCC(C)(C)[SiH](OCC)OCC. The lowest BCUT2D eigenvalue weighted by Gasteiger charge is -2.30. The molecule has 0 unspecified atom stereocenters. The van der Waals surface area contributed by atoms with Crippen LogP contribution in [-0.4, -0.2) is 22.5 Å². The summed E-state index contributed by atoms with van der Waals surface area (Å²) in [4.78, 5) is 0. The van der Waals surface area contributed by atoms with Gasteiger partial charge in [-0.15, -0.1) is 6.58 Å². The van der Waals surface area contributed by atoms with Crippen molar-refractivity contribution in [1.82, 2.24) is 0 Å². The molecule has 0 spiro atoms. The maximum absolute atomic E-state index is 5.67. The lowest BCUT2D eigenvalue weighted by Crippen LogP contribution is -2.34. The maximum atomic E-state index is 5.67. The topological polar surface area (TPSA) is 18.5 Å². The summed E-state index contributed by atoms with van der Waals surface area (Å²) in [5, 5.41) is 0.147. The molecule has 3 heteroatoms. The van der Waals surface area contributed by atoms with E-state index in [2.05, 4.69) is 20.4 Å². The second kappa shape index (κ2) is 6.35. The second-order valence-electron chi connectivity index (χ2n) is 3.72. The Bertz CT molecular complexity index is 140. The van der Waals surface area contributed by atoms with Crippen LogP contribution < -0.4 is 0 Å². The first-order valence-electron chi connectivity index (χ1n) is 4.92. The molecule has 0 aromatic heterocycles. The van der Waals surface area contributed by atoms with Gasteiger partial charge < -0.3 is 8.85 Å². The lowest BCUT2D eigenvalue weighted by atomic mass is 10.1. The van der Waals surface area contributed by atoms with E-state index in [1.165, 1.54) is 0 Å². The van der Waals surface area contributed by atoms with Gasteiger partial charge in [-0.05, 0) is 20.3 Å². The standard InChI is InChI=1S/C10H22O2Si/c1-6-9-10(4,5)13(11-7-2)12-8-3/h6,13H,1,7-9H2,2-5H3. The van der Waals surface area contributed by atoms with Crippen LogP contribution in [0, 0.1) is 0 Å². The van der Waals surface area contributed by atoms with Gasteiger partial charge in [0.15, 0.2) is 0 Å². The Morgan fingerprint density at radius 3 is 2.00 bits per heavy atom. The molecule has 0 rings (SSSR count). The molecular weight excluding hydrogens is 180 g/mol. The molecule has 2 nitrogen and oxygen atoms in total. The van der Waals surface area contributed by atoms with Gasteiger partial charge >= 0.3 is 9.28 Å². The molecule has 0 heterocycles. The summed E-state index contributed by atoms with van der Waals surface area (Å²) in [6.45, 7) is 13.7. The molecule has 0 aromatic carbocycles. The van der Waals surface area contributed by atoms with Gasteiger partial charge in [0.1, 0.15) is 0 Å². The molecule has 0 radical (unpaired) electrons. The molecule has 78 valence electrons. The van der Waals surface area contributed by atoms with Crippen LogP contribution in [0.3, 0.4) is 0 Å². The van der Waals surface area contributed by atoms with E-state index in [0.717, 1.165) is 19.6 Å². The van der Waals surface area contributed by atoms with E-state index in [-0.39, 0.29) is 5.04 Å². The zero-order valence-corrected chi connectivity index (χ0v) is 10.5. The zero-order chi connectivity index (χ0) is 10.3. The van der Waals surface area contributed by atoms with Gasteiger partial charge in [-0.3, -0.25) is 0 Å². The molecule has 0 aliphatic heterocycles. The van der Waals surface area contributed by atoms with Crippen molar-refractivity contribution in [2.24, 2.45) is 0 Å². The first-order chi connectivity index (χ1) is 6.08. The van der Waals surface area contributed by atoms with Crippen molar-refractivity contribution in [3.05, 3.63) is 12.7 Å². The zero-order valence-electron chi connectivity index (χ0n) is 9.30. The highest BCUT2D eigenvalue weighted by Crippen LogP contribution is 2.33. The highest BCUT2D eigenvalue weighted by Gasteiger charge is 2.32. The van der Waals surface area contributed by atoms with E-state index in [9.17, 15) is 0 Å². The first-order valence-corrected chi connectivity index (χ1v) is 6.44. The van der Waals surface area contributed by atoms with Gasteiger partial charge in [-0.1, -0.05) is 19.9 Å². The molecule has 0 amide bonds. The molecule has 0 atom stereocenters. The Labute approximate surface area is 83.8 Å². The molecule has 0 aromatic rings. The quantitative estimate of drug-likeness (QED) is 0.467. The molecular formula is C10H22O2Si. The predicted molar refractivity (Wildman–Crippen MR) is 59.3 cm³/mol. The molecule has 0 aliphatic rings. The monoisotopic (exact) mass is 202 g/mol. The van der Waals surface area contributed by atoms with Gasteiger partial charge in [0, 0.05) is 18.3 Å². The van der Waals surface area contributed by atoms with Crippen molar-refractivity contribution in [3.63, 3.8) is 0 Å². The fourth-order valence-electron chi connectivity index (χ4n) is 1.27. The van der Waals surface area contributed by atoms with Gasteiger partial charge in [0.05, 0.1) is 0 Å². The fraction of sp³-hybridized carbons (Fsp3) is 0.800. The number of hydrogen-bond donors (Lipinski definition) is 0. The smallest absolute Gasteiger partial charge is 0.327 e. The first kappa shape index (κ1) is 12.9. The average Bonchev–Trinajstić information content (AvgIpc) is 2.04. The second-order valence-corrected chi connectivity index (χ2v) is 6.62. The Balaban J connectivity index is 4.21. The molecule has 0 N–H and O–H groups in total. The molecule has 13 heavy (non-hydrogen) atoms. The Morgan fingerprint density at radius 1 is 1.23 bits per heavy atom. The van der Waals surface area contributed by atoms with Crippen molar-refractivity contribution < 1.29 is 8.85 Å². The predicted octanol–water partition coefficient (Wildman–Crippen LogP) is 2.64. The lowest BCUT2D eigenvalue weighted by molar-refractivity contribution is 0.190. The van der Waals surface area contributed by atoms with E-state index >= 15 is 0 Å². The summed E-state index contributed by atoms with van der Waals surface area (Å²) in [5.74, 6) is 0. The van der Waals surface area contributed by atoms with Crippen LogP contribution in [0.2, 0.25) is 5.04 Å². The van der Waals surface area contributed by atoms with Crippen LogP contribution in [0.1, 0.15) is 34.1 Å². The largest absolute Gasteiger partial charge is 0.397 e. The number of rotatable bonds is 7. The van der Waals surface area contributed by atoms with E-state index in [4.69, 9.17) is 8.85 Å². The molecule has 0 aliphatic carbocycles. The van der Waals surface area contributed by atoms with Crippen LogP contribution in [0.5, 0.6) is 0 Å². The average molecular weight is 202 g/mol. The van der Waals surface area contributed by atoms with Crippen LogP contribution in [-0.2, 0) is 8.85 Å². The third-order valence-corrected chi connectivity index (χ3v) is 4.73. The highest BCUT2D eigenvalue weighted by molar-refractivity contribution is 6.48. The highest BCUT2D eigenvalue weighted by atomic mass is 28.3. The normalized spacial score (nSPS) is 12.1. The summed E-state index contributed by atoms with van der Waals surface area (Å²) >= 11 is 0. The van der Waals surface area contributed by atoms with Crippen molar-refractivity contribution in [3.8, 4) is 0 Å². The minimum atomic E-state index is -1.53. The third-order valence-electron chi connectivity index (χ3n) is 1.94. The van der Waals surface area contributed by atoms with Gasteiger partial charge in [-0.25, -0.2) is 0 Å². The summed E-state index contributed by atoms with van der Waals surface area (Å²) < 4.78 is 11.3. The summed E-state index contributed by atoms with van der Waals surface area (Å²) in [5.41, 5.74) is 0. The maximum Gasteiger partial charge on any atom is 0.327 e. The van der Waals surface area contributed by atoms with Gasteiger partial charge in [0.2, 0.25) is 0 Å². The molecule has 0 saturated heterocycles. The van der Waals surface area contributed by atoms with Crippen LogP contribution in [0.25, 0.3) is 0 Å². The molecule has 0 bridgehead atoms. The van der Waals surface area contributed by atoms with E-state index < -0.39 is 9.28 Å². The molecule has 0 saturated carbocycles. The summed E-state index contributed by atoms with van der Waals surface area (Å²) in [6, 6.07) is 0. The van der Waals surface area contributed by atoms with E-state index in [1.54, 1.807) is 0 Å². The molecule has 0 fully saturated rings. The Kier molecular flexibility index (Phi) is 6.29.